The van der Waals surface area contributed by atoms with E-state index in [9.17, 15) is 14.4 Å². The average Bonchev–Trinajstić information content (AvgIpc) is 3.09. The van der Waals surface area contributed by atoms with Gasteiger partial charge < -0.3 is 20.7 Å². The third kappa shape index (κ3) is 3.59. The molecule has 2 aromatic rings. The maximum atomic E-state index is 14.0. The molecule has 3 N–H and O–H groups in total. The number of anilines is 3. The van der Waals surface area contributed by atoms with Crippen LogP contribution in [0.5, 0.6) is 0 Å². The molecule has 1 atom stereocenters. The zero-order chi connectivity index (χ0) is 26.9. The first-order valence-electron chi connectivity index (χ1n) is 12.0. The number of esters is 1. The van der Waals surface area contributed by atoms with E-state index in [-0.39, 0.29) is 34.6 Å². The van der Waals surface area contributed by atoms with Crippen molar-refractivity contribution in [1.29, 1.82) is 0 Å². The summed E-state index contributed by atoms with van der Waals surface area (Å²) in [4.78, 5) is 45.2. The standard InChI is InChI=1S/C28H29BrN4O4/c1-27(2)13-20-22(21(34)14-27)28(18-12-15(29)6-11-19(18)31-26(28)36)23(25(35)37-5)24(30)33(20)17-9-7-16(8-10-17)32(3)4/h6-12H,13-14,30H2,1-5H3,(H,31,36). The molecule has 9 heteroatoms. The van der Waals surface area contributed by atoms with E-state index in [1.54, 1.807) is 23.1 Å². The number of nitrogens with zero attached hydrogens (tertiary/aromatic N) is 2. The highest BCUT2D eigenvalue weighted by Gasteiger charge is 2.63. The van der Waals surface area contributed by atoms with Crippen LogP contribution in [0.1, 0.15) is 32.3 Å². The molecule has 0 radical (unpaired) electrons. The first-order valence-corrected chi connectivity index (χ1v) is 12.8. The van der Waals surface area contributed by atoms with Crippen LogP contribution in [-0.4, -0.2) is 38.9 Å². The number of fused-ring (bicyclic) bond motifs is 3. The SMILES string of the molecule is COC(=O)C1=C(N)N(c2ccc(N(C)C)cc2)C2=C(C(=O)CC(C)(C)C2)C12C(=O)Nc1ccc(Br)cc12. The van der Waals surface area contributed by atoms with Gasteiger partial charge in [-0.05, 0) is 54.3 Å². The Morgan fingerprint density at radius 2 is 1.78 bits per heavy atom. The number of nitrogens with two attached hydrogens (primary N) is 1. The molecule has 0 fully saturated rings. The zero-order valence-electron chi connectivity index (χ0n) is 21.4. The van der Waals surface area contributed by atoms with Crippen molar-refractivity contribution >= 4 is 50.7 Å². The molecule has 0 aromatic heterocycles. The smallest absolute Gasteiger partial charge is 0.339 e. The van der Waals surface area contributed by atoms with Gasteiger partial charge in [-0.25, -0.2) is 4.79 Å². The summed E-state index contributed by atoms with van der Waals surface area (Å²) in [5, 5.41) is 2.90. The summed E-state index contributed by atoms with van der Waals surface area (Å²) < 4.78 is 5.90. The van der Waals surface area contributed by atoms with E-state index in [1.807, 2.05) is 57.1 Å². The van der Waals surface area contributed by atoms with Crippen LogP contribution in [0.3, 0.4) is 0 Å². The summed E-state index contributed by atoms with van der Waals surface area (Å²) in [6, 6.07) is 13.0. The van der Waals surface area contributed by atoms with Crippen molar-refractivity contribution < 1.29 is 19.1 Å². The van der Waals surface area contributed by atoms with Gasteiger partial charge in [0.15, 0.2) is 5.78 Å². The second kappa shape index (κ2) is 8.48. The minimum atomic E-state index is -1.72. The van der Waals surface area contributed by atoms with E-state index in [1.165, 1.54) is 7.11 Å². The predicted molar refractivity (Wildman–Crippen MR) is 146 cm³/mol. The highest BCUT2D eigenvalue weighted by molar-refractivity contribution is 9.10. The number of hydrogen-bond donors (Lipinski definition) is 2. The predicted octanol–water partition coefficient (Wildman–Crippen LogP) is 4.21. The number of amides is 1. The van der Waals surface area contributed by atoms with E-state index < -0.39 is 17.3 Å². The average molecular weight is 565 g/mol. The van der Waals surface area contributed by atoms with Gasteiger partial charge in [-0.3, -0.25) is 14.5 Å². The summed E-state index contributed by atoms with van der Waals surface area (Å²) in [5.74, 6) is -1.39. The number of Topliss-reactive ketones (excluding diaryl/α,β-unsaturated/α-hetero) is 1. The van der Waals surface area contributed by atoms with Crippen LogP contribution in [0, 0.1) is 5.41 Å². The zero-order valence-corrected chi connectivity index (χ0v) is 23.0. The molecule has 0 bridgehead atoms. The Kier molecular flexibility index (Phi) is 5.75. The molecule has 1 aliphatic carbocycles. The molecule has 37 heavy (non-hydrogen) atoms. The number of ether oxygens (including phenoxy) is 1. The molecular weight excluding hydrogens is 536 g/mol. The van der Waals surface area contributed by atoms with Gasteiger partial charge in [-0.15, -0.1) is 0 Å². The van der Waals surface area contributed by atoms with Crippen LogP contribution in [0.4, 0.5) is 17.1 Å². The second-order valence-corrected chi connectivity index (χ2v) is 11.6. The van der Waals surface area contributed by atoms with Gasteiger partial charge in [-0.2, -0.15) is 0 Å². The molecule has 2 aliphatic heterocycles. The van der Waals surface area contributed by atoms with Crippen LogP contribution in [-0.2, 0) is 24.5 Å². The number of methoxy groups -OCH3 is 1. The molecule has 1 spiro atoms. The van der Waals surface area contributed by atoms with Gasteiger partial charge in [0.05, 0.1) is 7.11 Å². The van der Waals surface area contributed by atoms with Crippen LogP contribution in [0.2, 0.25) is 0 Å². The third-order valence-corrected chi connectivity index (χ3v) is 7.85. The fourth-order valence-corrected chi connectivity index (χ4v) is 6.16. The van der Waals surface area contributed by atoms with E-state index in [4.69, 9.17) is 10.5 Å². The molecule has 5 rings (SSSR count). The molecule has 8 nitrogen and oxygen atoms in total. The molecule has 192 valence electrons. The number of carbonyl (C=O) groups excluding carboxylic acids is 3. The Morgan fingerprint density at radius 3 is 2.41 bits per heavy atom. The number of ketones is 1. The second-order valence-electron chi connectivity index (χ2n) is 10.7. The first-order chi connectivity index (χ1) is 17.4. The monoisotopic (exact) mass is 564 g/mol. The quantitative estimate of drug-likeness (QED) is 0.538. The number of nitrogens with one attached hydrogen (secondary N) is 1. The minimum absolute atomic E-state index is 0.0622. The molecule has 1 unspecified atom stereocenters. The normalized spacial score (nSPS) is 22.2. The molecular formula is C28H29BrN4O4. The molecule has 0 saturated carbocycles. The van der Waals surface area contributed by atoms with Crippen molar-refractivity contribution in [2.75, 3.05) is 36.3 Å². The molecule has 2 heterocycles. The Labute approximate surface area is 224 Å². The third-order valence-electron chi connectivity index (χ3n) is 7.36. The van der Waals surface area contributed by atoms with Crippen molar-refractivity contribution in [2.45, 2.75) is 32.1 Å². The Hall–Kier alpha value is -3.59. The fourth-order valence-electron chi connectivity index (χ4n) is 5.80. The molecule has 3 aliphatic rings. The van der Waals surface area contributed by atoms with Crippen molar-refractivity contribution in [2.24, 2.45) is 11.1 Å². The maximum absolute atomic E-state index is 14.0. The summed E-state index contributed by atoms with van der Waals surface area (Å²) in [7, 11) is 5.14. The Balaban J connectivity index is 1.89. The van der Waals surface area contributed by atoms with Crippen LogP contribution < -0.4 is 20.9 Å². The number of allylic oxidation sites excluding steroid dienone is 1. The topological polar surface area (TPSA) is 105 Å². The highest BCUT2D eigenvalue weighted by Crippen LogP contribution is 2.57. The molecule has 0 saturated heterocycles. The van der Waals surface area contributed by atoms with Crippen molar-refractivity contribution in [3.63, 3.8) is 0 Å². The lowest BCUT2D eigenvalue weighted by Crippen LogP contribution is -2.54. The van der Waals surface area contributed by atoms with Gasteiger partial charge in [0.2, 0.25) is 5.91 Å². The summed E-state index contributed by atoms with van der Waals surface area (Å²) in [6.07, 6.45) is 0.711. The van der Waals surface area contributed by atoms with E-state index in [0.717, 1.165) is 5.69 Å². The first kappa shape index (κ1) is 25.1. The maximum Gasteiger partial charge on any atom is 0.339 e. The summed E-state index contributed by atoms with van der Waals surface area (Å²) in [6.45, 7) is 4.04. The Morgan fingerprint density at radius 1 is 1.11 bits per heavy atom. The minimum Gasteiger partial charge on any atom is -0.466 e. The van der Waals surface area contributed by atoms with Crippen LogP contribution >= 0.6 is 15.9 Å². The number of carbonyl (C=O) groups is 3. The van der Waals surface area contributed by atoms with E-state index in [2.05, 4.69) is 21.2 Å². The summed E-state index contributed by atoms with van der Waals surface area (Å²) in [5.41, 5.74) is 8.26. The van der Waals surface area contributed by atoms with Gasteiger partial charge in [0.1, 0.15) is 16.8 Å². The van der Waals surface area contributed by atoms with Gasteiger partial charge >= 0.3 is 5.97 Å². The van der Waals surface area contributed by atoms with Crippen molar-refractivity contribution in [3.8, 4) is 0 Å². The highest BCUT2D eigenvalue weighted by atomic mass is 79.9. The lowest BCUT2D eigenvalue weighted by molar-refractivity contribution is -0.138. The van der Waals surface area contributed by atoms with E-state index >= 15 is 0 Å². The number of hydrogen-bond acceptors (Lipinski definition) is 7. The van der Waals surface area contributed by atoms with Gasteiger partial charge in [-0.1, -0.05) is 29.8 Å². The number of benzene rings is 2. The fraction of sp³-hybridized carbons (Fsp3) is 0.321. The van der Waals surface area contributed by atoms with Gasteiger partial charge in [0.25, 0.3) is 0 Å². The summed E-state index contributed by atoms with van der Waals surface area (Å²) >= 11 is 3.49. The molecule has 1 amide bonds. The Bertz CT molecular complexity index is 1420. The van der Waals surface area contributed by atoms with E-state index in [0.29, 0.717) is 33.5 Å². The van der Waals surface area contributed by atoms with Gasteiger partial charge in [0, 0.05) is 58.9 Å². The lowest BCUT2D eigenvalue weighted by Gasteiger charge is -2.47. The van der Waals surface area contributed by atoms with Crippen molar-refractivity contribution in [3.05, 3.63) is 75.2 Å². The molecule has 2 aromatic carbocycles. The van der Waals surface area contributed by atoms with Crippen LogP contribution in [0.15, 0.2) is 69.6 Å². The largest absolute Gasteiger partial charge is 0.466 e. The number of halogens is 1. The van der Waals surface area contributed by atoms with Crippen molar-refractivity contribution in [1.82, 2.24) is 0 Å². The number of rotatable bonds is 3. The van der Waals surface area contributed by atoms with Crippen LogP contribution in [0.25, 0.3) is 0 Å². The lowest BCUT2D eigenvalue weighted by atomic mass is 9.60.